The summed E-state index contributed by atoms with van der Waals surface area (Å²) < 4.78 is 24.3. The molecule has 9 heteroatoms. The summed E-state index contributed by atoms with van der Waals surface area (Å²) in [6, 6.07) is 3.08. The Morgan fingerprint density at radius 3 is 2.42 bits per heavy atom. The number of halogens is 2. The van der Waals surface area contributed by atoms with E-state index < -0.39 is 9.05 Å². The lowest BCUT2D eigenvalue weighted by Crippen LogP contribution is -2.10. The molecule has 0 unspecified atom stereocenters. The van der Waals surface area contributed by atoms with Gasteiger partial charge in [0.05, 0.1) is 5.02 Å². The molecule has 0 radical (unpaired) electrons. The maximum Gasteiger partial charge on any atom is 0.296 e. The van der Waals surface area contributed by atoms with Crippen LogP contribution in [0.25, 0.3) is 11.5 Å². The predicted molar refractivity (Wildman–Crippen MR) is 71.7 cm³/mol. The first kappa shape index (κ1) is 14.2. The fourth-order valence-electron chi connectivity index (χ4n) is 1.59. The quantitative estimate of drug-likeness (QED) is 0.812. The lowest BCUT2D eigenvalue weighted by molar-refractivity contribution is 0.530. The van der Waals surface area contributed by atoms with Crippen molar-refractivity contribution in [1.29, 1.82) is 0 Å². The van der Waals surface area contributed by atoms with E-state index in [0.29, 0.717) is 16.5 Å². The Labute approximate surface area is 119 Å². The highest BCUT2D eigenvalue weighted by molar-refractivity contribution is 8.13. The van der Waals surface area contributed by atoms with Crippen LogP contribution in [0.3, 0.4) is 0 Å². The Morgan fingerprint density at radius 2 is 1.95 bits per heavy atom. The summed E-state index contributed by atoms with van der Waals surface area (Å²) in [6.45, 7) is 3.60. The van der Waals surface area contributed by atoms with Crippen molar-refractivity contribution in [3.63, 3.8) is 0 Å². The minimum Gasteiger partial charge on any atom is -0.293 e. The monoisotopic (exact) mass is 320 g/mol. The van der Waals surface area contributed by atoms with Crippen LogP contribution >= 0.6 is 22.3 Å². The smallest absolute Gasteiger partial charge is 0.293 e. The number of pyridine rings is 1. The van der Waals surface area contributed by atoms with Gasteiger partial charge in [0.25, 0.3) is 14.2 Å². The highest BCUT2D eigenvalue weighted by Crippen LogP contribution is 2.25. The van der Waals surface area contributed by atoms with Crippen molar-refractivity contribution in [2.24, 2.45) is 0 Å². The SMILES string of the molecule is CC(C)n1c(-c2ccc(Cl)cn2)nnc1S(=O)(=O)Cl. The summed E-state index contributed by atoms with van der Waals surface area (Å²) >= 11 is 5.76. The van der Waals surface area contributed by atoms with Gasteiger partial charge in [-0.3, -0.25) is 9.55 Å². The molecule has 0 fully saturated rings. The van der Waals surface area contributed by atoms with Crippen molar-refractivity contribution in [1.82, 2.24) is 19.7 Å². The van der Waals surface area contributed by atoms with Gasteiger partial charge in [0.15, 0.2) is 5.82 Å². The fourth-order valence-corrected chi connectivity index (χ4v) is 2.69. The van der Waals surface area contributed by atoms with Crippen molar-refractivity contribution in [3.05, 3.63) is 23.4 Å². The Bertz CT molecular complexity index is 695. The maximum absolute atomic E-state index is 11.5. The van der Waals surface area contributed by atoms with Crippen LogP contribution in [0, 0.1) is 0 Å². The average molecular weight is 321 g/mol. The van der Waals surface area contributed by atoms with Crippen molar-refractivity contribution in [2.45, 2.75) is 25.0 Å². The molecule has 0 aliphatic rings. The second-order valence-electron chi connectivity index (χ2n) is 4.07. The van der Waals surface area contributed by atoms with Crippen molar-refractivity contribution in [2.75, 3.05) is 0 Å². The van der Waals surface area contributed by atoms with Crippen LogP contribution in [0.5, 0.6) is 0 Å². The zero-order valence-electron chi connectivity index (χ0n) is 10.1. The zero-order valence-corrected chi connectivity index (χ0v) is 12.4. The topological polar surface area (TPSA) is 77.7 Å². The van der Waals surface area contributed by atoms with Gasteiger partial charge in [-0.1, -0.05) is 11.6 Å². The van der Waals surface area contributed by atoms with Gasteiger partial charge in [0, 0.05) is 22.9 Å². The Morgan fingerprint density at radius 1 is 1.26 bits per heavy atom. The number of aromatic nitrogens is 4. The van der Waals surface area contributed by atoms with E-state index in [1.165, 1.54) is 10.8 Å². The van der Waals surface area contributed by atoms with Crippen LogP contribution in [0.1, 0.15) is 19.9 Å². The average Bonchev–Trinajstić information content (AvgIpc) is 2.74. The van der Waals surface area contributed by atoms with Crippen LogP contribution < -0.4 is 0 Å². The summed E-state index contributed by atoms with van der Waals surface area (Å²) in [5, 5.41) is 7.66. The molecule has 2 aromatic rings. The highest BCUT2D eigenvalue weighted by atomic mass is 35.7. The number of hydrogen-bond donors (Lipinski definition) is 0. The molecular weight excluding hydrogens is 311 g/mol. The Kier molecular flexibility index (Phi) is 3.80. The molecule has 2 heterocycles. The first-order valence-corrected chi connectivity index (χ1v) is 8.01. The van der Waals surface area contributed by atoms with Gasteiger partial charge in [0.1, 0.15) is 5.69 Å². The van der Waals surface area contributed by atoms with E-state index in [-0.39, 0.29) is 11.2 Å². The van der Waals surface area contributed by atoms with E-state index >= 15 is 0 Å². The summed E-state index contributed by atoms with van der Waals surface area (Å²) in [4.78, 5) is 4.09. The molecular formula is C10H10Cl2N4O2S. The molecule has 0 aliphatic heterocycles. The van der Waals surface area contributed by atoms with Crippen LogP contribution in [0.15, 0.2) is 23.5 Å². The predicted octanol–water partition coefficient (Wildman–Crippen LogP) is 2.50. The molecule has 0 saturated carbocycles. The van der Waals surface area contributed by atoms with Gasteiger partial charge >= 0.3 is 0 Å². The number of rotatable bonds is 3. The largest absolute Gasteiger partial charge is 0.296 e. The van der Waals surface area contributed by atoms with Gasteiger partial charge in [-0.05, 0) is 26.0 Å². The molecule has 2 aromatic heterocycles. The molecule has 6 nitrogen and oxygen atoms in total. The lowest BCUT2D eigenvalue weighted by Gasteiger charge is -2.11. The lowest BCUT2D eigenvalue weighted by atomic mass is 10.3. The van der Waals surface area contributed by atoms with Crippen molar-refractivity contribution < 1.29 is 8.42 Å². The number of hydrogen-bond acceptors (Lipinski definition) is 5. The fraction of sp³-hybridized carbons (Fsp3) is 0.300. The van der Waals surface area contributed by atoms with Gasteiger partial charge in [-0.2, -0.15) is 0 Å². The summed E-state index contributed by atoms with van der Waals surface area (Å²) in [7, 11) is 1.38. The molecule has 0 aromatic carbocycles. The van der Waals surface area contributed by atoms with Gasteiger partial charge in [-0.15, -0.1) is 10.2 Å². The van der Waals surface area contributed by atoms with Crippen molar-refractivity contribution in [3.8, 4) is 11.5 Å². The van der Waals surface area contributed by atoms with Crippen molar-refractivity contribution >= 4 is 31.3 Å². The van der Waals surface area contributed by atoms with E-state index in [9.17, 15) is 8.42 Å². The molecule has 0 atom stereocenters. The molecule has 102 valence electrons. The maximum atomic E-state index is 11.5. The minimum absolute atomic E-state index is 0.189. The Balaban J connectivity index is 2.65. The third-order valence-corrected chi connectivity index (χ3v) is 3.71. The van der Waals surface area contributed by atoms with Gasteiger partial charge in [0.2, 0.25) is 0 Å². The second-order valence-corrected chi connectivity index (χ2v) is 6.97. The van der Waals surface area contributed by atoms with Gasteiger partial charge < -0.3 is 0 Å². The third-order valence-electron chi connectivity index (χ3n) is 2.36. The minimum atomic E-state index is -3.97. The third kappa shape index (κ3) is 2.88. The summed E-state index contributed by atoms with van der Waals surface area (Å²) in [5.41, 5.74) is 0.470. The van der Waals surface area contributed by atoms with E-state index in [0.717, 1.165) is 0 Å². The van der Waals surface area contributed by atoms with Crippen LogP contribution in [0.4, 0.5) is 0 Å². The molecule has 0 saturated heterocycles. The number of nitrogens with zero attached hydrogens (tertiary/aromatic N) is 4. The zero-order chi connectivity index (χ0) is 14.2. The van der Waals surface area contributed by atoms with E-state index in [4.69, 9.17) is 22.3 Å². The van der Waals surface area contributed by atoms with E-state index in [2.05, 4.69) is 15.2 Å². The molecule has 0 bridgehead atoms. The van der Waals surface area contributed by atoms with Crippen LogP contribution in [0.2, 0.25) is 5.02 Å². The molecule has 0 N–H and O–H groups in total. The van der Waals surface area contributed by atoms with Crippen LogP contribution in [-0.4, -0.2) is 28.2 Å². The first-order chi connectivity index (χ1) is 8.80. The van der Waals surface area contributed by atoms with Gasteiger partial charge in [-0.25, -0.2) is 8.42 Å². The molecule has 0 amide bonds. The normalized spacial score (nSPS) is 12.1. The molecule has 0 spiro atoms. The second kappa shape index (κ2) is 5.07. The van der Waals surface area contributed by atoms with E-state index in [1.54, 1.807) is 26.0 Å². The van der Waals surface area contributed by atoms with Crippen LogP contribution in [-0.2, 0) is 9.05 Å². The highest BCUT2D eigenvalue weighted by Gasteiger charge is 2.25. The molecule has 0 aliphatic carbocycles. The van der Waals surface area contributed by atoms with E-state index in [1.807, 2.05) is 0 Å². The summed E-state index contributed by atoms with van der Waals surface area (Å²) in [5.74, 6) is 0.325. The molecule has 19 heavy (non-hydrogen) atoms. The standard InChI is InChI=1S/C10H10Cl2N4O2S/c1-6(2)16-9(8-4-3-7(11)5-13-8)14-15-10(16)19(12,17)18/h3-6H,1-2H3. The Hall–Kier alpha value is -1.18. The summed E-state index contributed by atoms with van der Waals surface area (Å²) in [6.07, 6.45) is 1.45. The molecule has 2 rings (SSSR count). The first-order valence-electron chi connectivity index (χ1n) is 5.32.